The Kier molecular flexibility index (Phi) is 4.34. The van der Waals surface area contributed by atoms with Gasteiger partial charge in [-0.25, -0.2) is 4.98 Å². The fourth-order valence-corrected chi connectivity index (χ4v) is 3.25. The van der Waals surface area contributed by atoms with Crippen LogP contribution in [0.4, 0.5) is 5.13 Å². The average molecular weight is 297 g/mol. The van der Waals surface area contributed by atoms with Gasteiger partial charge in [0.15, 0.2) is 5.13 Å². The first-order chi connectivity index (χ1) is 9.31. The molecular weight excluding hydrogens is 274 g/mol. The molecular formula is C14H23N3O2S. The van der Waals surface area contributed by atoms with E-state index in [0.717, 1.165) is 35.1 Å². The molecule has 0 saturated heterocycles. The lowest BCUT2D eigenvalue weighted by Gasteiger charge is -2.32. The first-order valence-electron chi connectivity index (χ1n) is 6.95. The van der Waals surface area contributed by atoms with Crippen molar-refractivity contribution in [1.82, 2.24) is 9.88 Å². The van der Waals surface area contributed by atoms with Crippen molar-refractivity contribution in [2.75, 3.05) is 26.0 Å². The zero-order chi connectivity index (χ0) is 14.9. The topological polar surface area (TPSA) is 65.5 Å². The third-order valence-electron chi connectivity index (χ3n) is 4.14. The van der Waals surface area contributed by atoms with Crippen LogP contribution >= 0.6 is 11.3 Å². The molecule has 0 aliphatic heterocycles. The van der Waals surface area contributed by atoms with Crippen molar-refractivity contribution in [1.29, 1.82) is 0 Å². The molecule has 0 spiro atoms. The lowest BCUT2D eigenvalue weighted by molar-refractivity contribution is -0.139. The minimum Gasteiger partial charge on any atom is -0.481 e. The van der Waals surface area contributed by atoms with Crippen molar-refractivity contribution in [2.24, 2.45) is 0 Å². The number of thiazole rings is 1. The van der Waals surface area contributed by atoms with Crippen molar-refractivity contribution >= 4 is 22.4 Å². The van der Waals surface area contributed by atoms with Crippen LogP contribution in [0.3, 0.4) is 0 Å². The van der Waals surface area contributed by atoms with E-state index in [0.29, 0.717) is 6.42 Å². The zero-order valence-corrected chi connectivity index (χ0v) is 13.4. The number of carboxylic acids is 1. The number of hydrogen-bond donors (Lipinski definition) is 2. The molecule has 5 nitrogen and oxygen atoms in total. The fourth-order valence-electron chi connectivity index (χ4n) is 2.18. The second-order valence-electron chi connectivity index (χ2n) is 6.17. The van der Waals surface area contributed by atoms with E-state index in [2.05, 4.69) is 43.1 Å². The molecule has 20 heavy (non-hydrogen) atoms. The van der Waals surface area contributed by atoms with Crippen LogP contribution in [-0.2, 0) is 11.2 Å². The number of nitrogens with one attached hydrogen (secondary N) is 1. The van der Waals surface area contributed by atoms with Crippen molar-refractivity contribution in [3.8, 4) is 0 Å². The first-order valence-corrected chi connectivity index (χ1v) is 7.76. The molecule has 0 saturated carbocycles. The third kappa shape index (κ3) is 3.12. The van der Waals surface area contributed by atoms with E-state index in [4.69, 9.17) is 0 Å². The minimum atomic E-state index is -0.753. The van der Waals surface area contributed by atoms with Gasteiger partial charge in [0.05, 0.1) is 5.69 Å². The third-order valence-corrected chi connectivity index (χ3v) is 5.22. The Bertz CT molecular complexity index is 497. The molecule has 0 radical (unpaired) electrons. The smallest absolute Gasteiger partial charge is 0.312 e. The van der Waals surface area contributed by atoms with Crippen molar-refractivity contribution in [3.63, 3.8) is 0 Å². The molecule has 1 aliphatic carbocycles. The Balaban J connectivity index is 2.10. The van der Waals surface area contributed by atoms with Crippen LogP contribution in [-0.4, -0.2) is 47.1 Å². The van der Waals surface area contributed by atoms with Crippen LogP contribution in [0.15, 0.2) is 0 Å². The molecule has 2 N–H and O–H groups in total. The van der Waals surface area contributed by atoms with Crippen LogP contribution in [0.5, 0.6) is 0 Å². The number of aromatic nitrogens is 1. The highest BCUT2D eigenvalue weighted by Gasteiger charge is 2.30. The summed E-state index contributed by atoms with van der Waals surface area (Å²) in [7, 11) is 4.10. The Labute approximate surface area is 124 Å². The number of rotatable bonds is 5. The van der Waals surface area contributed by atoms with Gasteiger partial charge in [-0.2, -0.15) is 0 Å². The maximum Gasteiger partial charge on any atom is 0.312 e. The summed E-state index contributed by atoms with van der Waals surface area (Å²) in [6.07, 6.45) is 2.60. The molecule has 0 aromatic carbocycles. The average Bonchev–Trinajstić information content (AvgIpc) is 2.78. The van der Waals surface area contributed by atoms with Crippen molar-refractivity contribution in [3.05, 3.63) is 10.6 Å². The molecule has 2 rings (SSSR count). The van der Waals surface area contributed by atoms with E-state index in [-0.39, 0.29) is 5.54 Å². The second-order valence-corrected chi connectivity index (χ2v) is 7.25. The fraction of sp³-hybridized carbons (Fsp3) is 0.714. The Morgan fingerprint density at radius 3 is 2.85 bits per heavy atom. The quantitative estimate of drug-likeness (QED) is 0.873. The lowest BCUT2D eigenvalue weighted by Crippen LogP contribution is -2.44. The van der Waals surface area contributed by atoms with Gasteiger partial charge in [0, 0.05) is 17.0 Å². The summed E-state index contributed by atoms with van der Waals surface area (Å²) in [5, 5.41) is 13.5. The SMILES string of the molecule is CN(C)C(C)(C)CNc1nc2c(s1)CCCC2C(=O)O. The number of likely N-dealkylation sites (N-methyl/N-ethyl adjacent to an activating group) is 1. The number of carbonyl (C=O) groups is 1. The van der Waals surface area contributed by atoms with E-state index < -0.39 is 11.9 Å². The molecule has 1 atom stereocenters. The lowest BCUT2D eigenvalue weighted by atomic mass is 9.91. The molecule has 1 aliphatic rings. The number of hydrogen-bond acceptors (Lipinski definition) is 5. The minimum absolute atomic E-state index is 0.0262. The van der Waals surface area contributed by atoms with E-state index >= 15 is 0 Å². The molecule has 6 heteroatoms. The van der Waals surface area contributed by atoms with Gasteiger partial charge in [0.2, 0.25) is 0 Å². The molecule has 0 amide bonds. The van der Waals surface area contributed by atoms with Gasteiger partial charge in [-0.3, -0.25) is 4.79 Å². The van der Waals surface area contributed by atoms with Crippen molar-refractivity contribution in [2.45, 2.75) is 44.6 Å². The predicted octanol–water partition coefficient (Wildman–Crippen LogP) is 2.40. The number of fused-ring (bicyclic) bond motifs is 1. The molecule has 0 bridgehead atoms. The van der Waals surface area contributed by atoms with Crippen LogP contribution in [0.2, 0.25) is 0 Å². The van der Waals surface area contributed by atoms with Gasteiger partial charge in [-0.05, 0) is 47.2 Å². The molecule has 1 aromatic rings. The summed E-state index contributed by atoms with van der Waals surface area (Å²) in [4.78, 5) is 19.1. The van der Waals surface area contributed by atoms with Crippen LogP contribution in [0.1, 0.15) is 43.2 Å². The summed E-state index contributed by atoms with van der Waals surface area (Å²) in [6.45, 7) is 5.10. The van der Waals surface area contributed by atoms with E-state index in [1.54, 1.807) is 11.3 Å². The number of aliphatic carboxylic acids is 1. The molecule has 1 aromatic heterocycles. The molecule has 1 heterocycles. The van der Waals surface area contributed by atoms with Gasteiger partial charge >= 0.3 is 5.97 Å². The van der Waals surface area contributed by atoms with E-state index in [9.17, 15) is 9.90 Å². The van der Waals surface area contributed by atoms with Crippen LogP contribution < -0.4 is 5.32 Å². The highest BCUT2D eigenvalue weighted by Crippen LogP contribution is 2.36. The van der Waals surface area contributed by atoms with Gasteiger partial charge in [-0.1, -0.05) is 0 Å². The second kappa shape index (κ2) is 5.69. The first kappa shape index (κ1) is 15.3. The zero-order valence-electron chi connectivity index (χ0n) is 12.6. The summed E-state index contributed by atoms with van der Waals surface area (Å²) in [5.74, 6) is -1.18. The van der Waals surface area contributed by atoms with Gasteiger partial charge in [0.1, 0.15) is 5.92 Å². The van der Waals surface area contributed by atoms with Crippen LogP contribution in [0, 0.1) is 0 Å². The number of carboxylic acid groups (broad SMARTS) is 1. The Morgan fingerprint density at radius 2 is 2.25 bits per heavy atom. The summed E-state index contributed by atoms with van der Waals surface area (Å²) < 4.78 is 0. The standard InChI is InChI=1S/C14H23N3O2S/c1-14(2,17(3)4)8-15-13-16-11-9(12(18)19)6-5-7-10(11)20-13/h9H,5-8H2,1-4H3,(H,15,16)(H,18,19). The summed E-state index contributed by atoms with van der Waals surface area (Å²) >= 11 is 1.60. The normalized spacial score (nSPS) is 18.9. The Hall–Kier alpha value is -1.14. The Morgan fingerprint density at radius 1 is 1.55 bits per heavy atom. The predicted molar refractivity (Wildman–Crippen MR) is 81.7 cm³/mol. The molecule has 0 fully saturated rings. The summed E-state index contributed by atoms with van der Waals surface area (Å²) in [6, 6.07) is 0. The van der Waals surface area contributed by atoms with E-state index in [1.807, 2.05) is 0 Å². The number of nitrogens with zero attached hydrogens (tertiary/aromatic N) is 2. The highest BCUT2D eigenvalue weighted by molar-refractivity contribution is 7.15. The van der Waals surface area contributed by atoms with E-state index in [1.165, 1.54) is 0 Å². The largest absolute Gasteiger partial charge is 0.481 e. The van der Waals surface area contributed by atoms with Crippen molar-refractivity contribution < 1.29 is 9.90 Å². The van der Waals surface area contributed by atoms with Crippen LogP contribution in [0.25, 0.3) is 0 Å². The maximum absolute atomic E-state index is 11.3. The van der Waals surface area contributed by atoms with Gasteiger partial charge in [-0.15, -0.1) is 11.3 Å². The monoisotopic (exact) mass is 297 g/mol. The number of aryl methyl sites for hydroxylation is 1. The molecule has 1 unspecified atom stereocenters. The maximum atomic E-state index is 11.3. The van der Waals surface area contributed by atoms with Gasteiger partial charge < -0.3 is 15.3 Å². The van der Waals surface area contributed by atoms with Gasteiger partial charge in [0.25, 0.3) is 0 Å². The summed E-state index contributed by atoms with van der Waals surface area (Å²) in [5.41, 5.74) is 0.803. The number of anilines is 1. The molecule has 112 valence electrons. The highest BCUT2D eigenvalue weighted by atomic mass is 32.1.